The van der Waals surface area contributed by atoms with E-state index in [1.807, 2.05) is 0 Å². The van der Waals surface area contributed by atoms with Gasteiger partial charge in [-0.3, -0.25) is 4.79 Å². The highest BCUT2D eigenvalue weighted by Crippen LogP contribution is 2.22. The average Bonchev–Trinajstić information content (AvgIpc) is 2.66. The summed E-state index contributed by atoms with van der Waals surface area (Å²) in [5, 5.41) is 5.06. The van der Waals surface area contributed by atoms with Gasteiger partial charge in [-0.25, -0.2) is 8.78 Å². The third kappa shape index (κ3) is 2.92. The van der Waals surface area contributed by atoms with E-state index in [4.69, 9.17) is 0 Å². The number of nitrogens with one attached hydrogen (secondary N) is 1. The Morgan fingerprint density at radius 3 is 2.67 bits per heavy atom. The lowest BCUT2D eigenvalue weighted by Crippen LogP contribution is -2.44. The van der Waals surface area contributed by atoms with E-state index in [0.717, 1.165) is 0 Å². The third-order valence-corrected chi connectivity index (χ3v) is 2.34. The van der Waals surface area contributed by atoms with E-state index in [2.05, 4.69) is 0 Å². The van der Waals surface area contributed by atoms with Crippen molar-refractivity contribution in [2.24, 2.45) is 0 Å². The van der Waals surface area contributed by atoms with Crippen LogP contribution in [0.5, 0.6) is 0 Å². The molecule has 0 aromatic carbocycles. The number of hydrogen-bond donors (Lipinski definition) is 1. The Bertz CT molecular complexity index is 325. The van der Waals surface area contributed by atoms with Gasteiger partial charge >= 0.3 is 12.3 Å². The summed E-state index contributed by atoms with van der Waals surface area (Å²) in [5.74, 6) is -6.58. The van der Waals surface area contributed by atoms with Crippen LogP contribution in [0.25, 0.3) is 0 Å². The predicted molar refractivity (Wildman–Crippen MR) is 47.1 cm³/mol. The van der Waals surface area contributed by atoms with Crippen molar-refractivity contribution >= 4 is 17.2 Å². The lowest BCUT2D eigenvalue weighted by Gasteiger charge is -2.14. The molecular formula is C8H7F4NOS. The van der Waals surface area contributed by atoms with Gasteiger partial charge in [-0.15, -0.1) is 0 Å². The van der Waals surface area contributed by atoms with Gasteiger partial charge in [0.2, 0.25) is 0 Å². The van der Waals surface area contributed by atoms with E-state index < -0.39 is 18.3 Å². The molecule has 0 unspecified atom stereocenters. The zero-order valence-electron chi connectivity index (χ0n) is 7.34. The van der Waals surface area contributed by atoms with E-state index in [1.54, 1.807) is 22.1 Å². The number of rotatable bonds is 4. The summed E-state index contributed by atoms with van der Waals surface area (Å²) >= 11 is 1.32. The number of halogens is 4. The SMILES string of the molecule is O=C(NCc1ccsc1)C(F)(F)C(F)F. The monoisotopic (exact) mass is 241 g/mol. The summed E-state index contributed by atoms with van der Waals surface area (Å²) in [4.78, 5) is 10.7. The smallest absolute Gasteiger partial charge is 0.347 e. The third-order valence-electron chi connectivity index (χ3n) is 1.61. The maximum atomic E-state index is 12.4. The predicted octanol–water partition coefficient (Wildman–Crippen LogP) is 2.26. The minimum atomic E-state index is -4.63. The molecule has 0 atom stereocenters. The zero-order valence-corrected chi connectivity index (χ0v) is 8.16. The molecule has 15 heavy (non-hydrogen) atoms. The second-order valence-electron chi connectivity index (χ2n) is 2.74. The van der Waals surface area contributed by atoms with Crippen LogP contribution in [0.1, 0.15) is 5.56 Å². The lowest BCUT2D eigenvalue weighted by atomic mass is 10.3. The Morgan fingerprint density at radius 2 is 2.20 bits per heavy atom. The van der Waals surface area contributed by atoms with Crippen molar-refractivity contribution in [1.82, 2.24) is 5.32 Å². The Labute approximate surface area is 86.9 Å². The molecule has 1 rings (SSSR count). The molecule has 1 aromatic heterocycles. The quantitative estimate of drug-likeness (QED) is 0.805. The number of alkyl halides is 4. The fourth-order valence-corrected chi connectivity index (χ4v) is 1.46. The first-order valence-corrected chi connectivity index (χ1v) is 4.84. The van der Waals surface area contributed by atoms with Gasteiger partial charge in [0.15, 0.2) is 0 Å². The first kappa shape index (κ1) is 12.0. The minimum Gasteiger partial charge on any atom is -0.347 e. The molecule has 1 heterocycles. The highest BCUT2D eigenvalue weighted by atomic mass is 32.1. The van der Waals surface area contributed by atoms with Crippen molar-refractivity contribution in [3.63, 3.8) is 0 Å². The Balaban J connectivity index is 2.49. The Hall–Kier alpha value is -1.11. The fourth-order valence-electron chi connectivity index (χ4n) is 0.793. The molecule has 0 aliphatic carbocycles. The van der Waals surface area contributed by atoms with Crippen molar-refractivity contribution in [2.45, 2.75) is 18.9 Å². The van der Waals surface area contributed by atoms with E-state index in [1.165, 1.54) is 11.3 Å². The number of thiophene rings is 1. The molecule has 0 aliphatic heterocycles. The Morgan fingerprint density at radius 1 is 1.53 bits per heavy atom. The largest absolute Gasteiger partial charge is 0.383 e. The standard InChI is InChI=1S/C8H7F4NOS/c9-6(10)8(11,12)7(14)13-3-5-1-2-15-4-5/h1-2,4,6H,3H2,(H,13,14). The molecule has 1 amide bonds. The van der Waals surface area contributed by atoms with Crippen LogP contribution in [0.3, 0.4) is 0 Å². The van der Waals surface area contributed by atoms with Crippen molar-refractivity contribution < 1.29 is 22.4 Å². The summed E-state index contributed by atoms with van der Waals surface area (Å²) in [6.45, 7) is -0.176. The van der Waals surface area contributed by atoms with Crippen LogP contribution in [0.15, 0.2) is 16.8 Å². The average molecular weight is 241 g/mol. The van der Waals surface area contributed by atoms with Crippen molar-refractivity contribution in [3.05, 3.63) is 22.4 Å². The topological polar surface area (TPSA) is 29.1 Å². The molecule has 84 valence electrons. The summed E-state index contributed by atoms with van der Waals surface area (Å²) in [6, 6.07) is 1.60. The zero-order chi connectivity index (χ0) is 11.5. The normalized spacial score (nSPS) is 11.8. The fraction of sp³-hybridized carbons (Fsp3) is 0.375. The Kier molecular flexibility index (Phi) is 3.67. The van der Waals surface area contributed by atoms with Gasteiger partial charge in [0.25, 0.3) is 5.91 Å². The molecule has 0 spiro atoms. The van der Waals surface area contributed by atoms with E-state index in [-0.39, 0.29) is 6.54 Å². The summed E-state index contributed by atoms with van der Waals surface area (Å²) < 4.78 is 48.3. The van der Waals surface area contributed by atoms with Crippen molar-refractivity contribution in [3.8, 4) is 0 Å². The van der Waals surface area contributed by atoms with Gasteiger partial charge in [0.1, 0.15) is 0 Å². The van der Waals surface area contributed by atoms with Crippen LogP contribution in [-0.4, -0.2) is 18.3 Å². The second-order valence-corrected chi connectivity index (χ2v) is 3.52. The van der Waals surface area contributed by atoms with Crippen LogP contribution in [0, 0.1) is 0 Å². The van der Waals surface area contributed by atoms with Crippen LogP contribution in [0.4, 0.5) is 17.6 Å². The van der Waals surface area contributed by atoms with E-state index in [0.29, 0.717) is 5.56 Å². The number of carbonyl (C=O) groups is 1. The van der Waals surface area contributed by atoms with E-state index in [9.17, 15) is 22.4 Å². The molecule has 1 N–H and O–H groups in total. The molecule has 7 heteroatoms. The van der Waals surface area contributed by atoms with Crippen molar-refractivity contribution in [2.75, 3.05) is 0 Å². The maximum Gasteiger partial charge on any atom is 0.383 e. The van der Waals surface area contributed by atoms with Crippen LogP contribution < -0.4 is 5.32 Å². The molecular weight excluding hydrogens is 234 g/mol. The second kappa shape index (κ2) is 4.61. The molecule has 0 saturated heterocycles. The summed E-state index contributed by atoms with van der Waals surface area (Å²) in [5.41, 5.74) is 0.596. The minimum absolute atomic E-state index is 0.176. The van der Waals surface area contributed by atoms with Gasteiger partial charge in [0, 0.05) is 6.54 Å². The van der Waals surface area contributed by atoms with Gasteiger partial charge in [-0.05, 0) is 22.4 Å². The van der Waals surface area contributed by atoms with Gasteiger partial charge in [-0.1, -0.05) is 0 Å². The van der Waals surface area contributed by atoms with E-state index >= 15 is 0 Å². The molecule has 0 fully saturated rings. The molecule has 1 aromatic rings. The number of hydrogen-bond acceptors (Lipinski definition) is 2. The highest BCUT2D eigenvalue weighted by Gasteiger charge is 2.48. The van der Waals surface area contributed by atoms with Gasteiger partial charge in [-0.2, -0.15) is 20.1 Å². The first-order valence-electron chi connectivity index (χ1n) is 3.90. The molecule has 0 aliphatic rings. The maximum absolute atomic E-state index is 12.4. The molecule has 0 radical (unpaired) electrons. The molecule has 0 saturated carbocycles. The van der Waals surface area contributed by atoms with Crippen LogP contribution in [-0.2, 0) is 11.3 Å². The molecule has 2 nitrogen and oxygen atoms in total. The number of amides is 1. The van der Waals surface area contributed by atoms with Crippen molar-refractivity contribution in [1.29, 1.82) is 0 Å². The first-order chi connectivity index (χ1) is 6.94. The highest BCUT2D eigenvalue weighted by molar-refractivity contribution is 7.07. The van der Waals surface area contributed by atoms with Crippen LogP contribution >= 0.6 is 11.3 Å². The van der Waals surface area contributed by atoms with Gasteiger partial charge < -0.3 is 5.32 Å². The van der Waals surface area contributed by atoms with Gasteiger partial charge in [0.05, 0.1) is 0 Å². The lowest BCUT2D eigenvalue weighted by molar-refractivity contribution is -0.169. The summed E-state index contributed by atoms with van der Waals surface area (Å²) in [7, 11) is 0. The summed E-state index contributed by atoms with van der Waals surface area (Å²) in [6.07, 6.45) is -3.99. The molecule has 0 bridgehead atoms. The van der Waals surface area contributed by atoms with Crippen LogP contribution in [0.2, 0.25) is 0 Å². The number of carbonyl (C=O) groups excluding carboxylic acids is 1.